The van der Waals surface area contributed by atoms with Crippen molar-refractivity contribution < 1.29 is 14.3 Å². The summed E-state index contributed by atoms with van der Waals surface area (Å²) < 4.78 is 13.5. The highest BCUT2D eigenvalue weighted by atomic mass is 16.5. The van der Waals surface area contributed by atoms with Gasteiger partial charge in [0.25, 0.3) is 0 Å². The fraction of sp³-hybridized carbons (Fsp3) is 0.500. The minimum atomic E-state index is -0.143. The van der Waals surface area contributed by atoms with Crippen LogP contribution >= 0.6 is 0 Å². The number of aryl methyl sites for hydroxylation is 2. The van der Waals surface area contributed by atoms with Crippen LogP contribution in [-0.4, -0.2) is 45.8 Å². The Bertz CT molecular complexity index is 657. The Balaban J connectivity index is 1.48. The molecule has 2 atom stereocenters. The Morgan fingerprint density at radius 3 is 3.16 bits per heavy atom. The number of ether oxygens (including phenoxy) is 2. The largest absolute Gasteiger partial charge is 0.486 e. The SMILES string of the molecule is Cc1ccc(O[C@H]2CCOC[C@H]2NC(=O)CCCn2ccnc2)cn1. The molecule has 2 aromatic heterocycles. The molecule has 0 spiro atoms. The predicted molar refractivity (Wildman–Crippen MR) is 92.2 cm³/mol. The Morgan fingerprint density at radius 1 is 1.48 bits per heavy atom. The molecule has 0 aromatic carbocycles. The van der Waals surface area contributed by atoms with Gasteiger partial charge in [-0.2, -0.15) is 0 Å². The minimum absolute atomic E-state index is 0.0197. The number of nitrogens with zero attached hydrogens (tertiary/aromatic N) is 3. The summed E-state index contributed by atoms with van der Waals surface area (Å²) in [5.74, 6) is 0.739. The Kier molecular flexibility index (Phi) is 6.00. The molecule has 0 bridgehead atoms. The minimum Gasteiger partial charge on any atom is -0.486 e. The molecule has 0 radical (unpaired) electrons. The Hall–Kier alpha value is -2.41. The molecule has 1 aliphatic rings. The number of carbonyl (C=O) groups is 1. The van der Waals surface area contributed by atoms with Crippen molar-refractivity contribution in [2.75, 3.05) is 13.2 Å². The van der Waals surface area contributed by atoms with Gasteiger partial charge in [0.2, 0.25) is 5.91 Å². The van der Waals surface area contributed by atoms with Gasteiger partial charge in [0.05, 0.1) is 31.8 Å². The molecular weight excluding hydrogens is 320 g/mol. The van der Waals surface area contributed by atoms with E-state index in [4.69, 9.17) is 9.47 Å². The van der Waals surface area contributed by atoms with Gasteiger partial charge in [0.1, 0.15) is 11.9 Å². The number of imidazole rings is 1. The first kappa shape index (κ1) is 17.4. The third-order valence-corrected chi connectivity index (χ3v) is 4.19. The normalized spacial score (nSPS) is 20.2. The summed E-state index contributed by atoms with van der Waals surface area (Å²) in [5.41, 5.74) is 0.946. The van der Waals surface area contributed by atoms with E-state index < -0.39 is 0 Å². The van der Waals surface area contributed by atoms with Gasteiger partial charge < -0.3 is 19.4 Å². The fourth-order valence-corrected chi connectivity index (χ4v) is 2.81. The Morgan fingerprint density at radius 2 is 2.40 bits per heavy atom. The van der Waals surface area contributed by atoms with Crippen molar-refractivity contribution in [2.45, 2.75) is 44.9 Å². The van der Waals surface area contributed by atoms with Crippen molar-refractivity contribution in [1.29, 1.82) is 0 Å². The van der Waals surface area contributed by atoms with E-state index >= 15 is 0 Å². The number of nitrogens with one attached hydrogen (secondary N) is 1. The first-order valence-electron chi connectivity index (χ1n) is 8.63. The summed E-state index contributed by atoms with van der Waals surface area (Å²) in [6.45, 7) is 3.82. The maximum absolute atomic E-state index is 12.2. The second kappa shape index (κ2) is 8.62. The molecule has 3 heterocycles. The molecule has 0 saturated carbocycles. The smallest absolute Gasteiger partial charge is 0.220 e. The van der Waals surface area contributed by atoms with Crippen molar-refractivity contribution in [3.05, 3.63) is 42.7 Å². The standard InChI is InChI=1S/C18H24N4O3/c1-14-4-5-15(11-20-14)25-17-6-10-24-12-16(17)21-18(23)3-2-8-22-9-7-19-13-22/h4-5,7,9,11,13,16-17H,2-3,6,8,10,12H2,1H3,(H,21,23)/t16-,17+/m1/s1. The summed E-state index contributed by atoms with van der Waals surface area (Å²) in [6.07, 6.45) is 8.98. The van der Waals surface area contributed by atoms with Crippen molar-refractivity contribution in [3.63, 3.8) is 0 Å². The molecule has 0 unspecified atom stereocenters. The number of pyridine rings is 1. The summed E-state index contributed by atoms with van der Waals surface area (Å²) in [5, 5.41) is 3.05. The molecule has 0 aliphatic carbocycles. The monoisotopic (exact) mass is 344 g/mol. The Labute approximate surface area is 147 Å². The van der Waals surface area contributed by atoms with E-state index in [9.17, 15) is 4.79 Å². The third kappa shape index (κ3) is 5.29. The summed E-state index contributed by atoms with van der Waals surface area (Å²) in [4.78, 5) is 20.5. The molecule has 25 heavy (non-hydrogen) atoms. The van der Waals surface area contributed by atoms with Gasteiger partial charge in [0, 0.05) is 37.5 Å². The highest BCUT2D eigenvalue weighted by Crippen LogP contribution is 2.18. The van der Waals surface area contributed by atoms with Gasteiger partial charge in [-0.3, -0.25) is 9.78 Å². The predicted octanol–water partition coefficient (Wildman–Crippen LogP) is 1.72. The fourth-order valence-electron chi connectivity index (χ4n) is 2.81. The second-order valence-electron chi connectivity index (χ2n) is 6.23. The van der Waals surface area contributed by atoms with Crippen molar-refractivity contribution in [1.82, 2.24) is 19.9 Å². The van der Waals surface area contributed by atoms with Gasteiger partial charge in [-0.05, 0) is 25.5 Å². The van der Waals surface area contributed by atoms with E-state index in [1.165, 1.54) is 0 Å². The van der Waals surface area contributed by atoms with Crippen molar-refractivity contribution >= 4 is 5.91 Å². The molecule has 7 heteroatoms. The van der Waals surface area contributed by atoms with Crippen LogP contribution < -0.4 is 10.1 Å². The quantitative estimate of drug-likeness (QED) is 0.827. The number of carbonyl (C=O) groups excluding carboxylic acids is 1. The van der Waals surface area contributed by atoms with Crippen LogP contribution in [0.3, 0.4) is 0 Å². The van der Waals surface area contributed by atoms with Gasteiger partial charge >= 0.3 is 0 Å². The van der Waals surface area contributed by atoms with Crippen LogP contribution in [0.25, 0.3) is 0 Å². The average Bonchev–Trinajstić information content (AvgIpc) is 3.12. The van der Waals surface area contributed by atoms with Crippen molar-refractivity contribution in [3.8, 4) is 5.75 Å². The molecule has 1 aliphatic heterocycles. The molecule has 1 N–H and O–H groups in total. The maximum Gasteiger partial charge on any atom is 0.220 e. The second-order valence-corrected chi connectivity index (χ2v) is 6.23. The van der Waals surface area contributed by atoms with Crippen LogP contribution in [0, 0.1) is 6.92 Å². The van der Waals surface area contributed by atoms with E-state index in [2.05, 4.69) is 15.3 Å². The zero-order valence-corrected chi connectivity index (χ0v) is 14.4. The molecule has 134 valence electrons. The van der Waals surface area contributed by atoms with E-state index in [1.54, 1.807) is 18.7 Å². The lowest BCUT2D eigenvalue weighted by molar-refractivity contribution is -0.124. The van der Waals surface area contributed by atoms with E-state index in [0.717, 1.165) is 30.8 Å². The third-order valence-electron chi connectivity index (χ3n) is 4.19. The molecular formula is C18H24N4O3. The van der Waals surface area contributed by atoms with Crippen LogP contribution in [-0.2, 0) is 16.1 Å². The lowest BCUT2D eigenvalue weighted by atomic mass is 10.1. The number of hydrogen-bond donors (Lipinski definition) is 1. The number of aromatic nitrogens is 3. The van der Waals surface area contributed by atoms with Crippen molar-refractivity contribution in [2.24, 2.45) is 0 Å². The molecule has 1 amide bonds. The van der Waals surface area contributed by atoms with Gasteiger partial charge in [-0.1, -0.05) is 0 Å². The van der Waals surface area contributed by atoms with Gasteiger partial charge in [0.15, 0.2) is 0 Å². The van der Waals surface area contributed by atoms with Crippen LogP contribution in [0.5, 0.6) is 5.75 Å². The van der Waals surface area contributed by atoms with E-state index in [1.807, 2.05) is 29.8 Å². The molecule has 1 saturated heterocycles. The van der Waals surface area contributed by atoms with Crippen LogP contribution in [0.1, 0.15) is 25.0 Å². The van der Waals surface area contributed by atoms with Crippen LogP contribution in [0.2, 0.25) is 0 Å². The van der Waals surface area contributed by atoms with Crippen LogP contribution in [0.4, 0.5) is 0 Å². The van der Waals surface area contributed by atoms with E-state index in [0.29, 0.717) is 19.6 Å². The topological polar surface area (TPSA) is 78.3 Å². The van der Waals surface area contributed by atoms with Gasteiger partial charge in [-0.15, -0.1) is 0 Å². The maximum atomic E-state index is 12.2. The zero-order chi connectivity index (χ0) is 17.5. The van der Waals surface area contributed by atoms with Gasteiger partial charge in [-0.25, -0.2) is 4.98 Å². The molecule has 1 fully saturated rings. The number of amides is 1. The summed E-state index contributed by atoms with van der Waals surface area (Å²) in [6, 6.07) is 3.68. The highest BCUT2D eigenvalue weighted by Gasteiger charge is 2.28. The highest BCUT2D eigenvalue weighted by molar-refractivity contribution is 5.76. The first-order valence-corrected chi connectivity index (χ1v) is 8.63. The summed E-state index contributed by atoms with van der Waals surface area (Å²) >= 11 is 0. The number of rotatable bonds is 7. The average molecular weight is 344 g/mol. The zero-order valence-electron chi connectivity index (χ0n) is 14.4. The van der Waals surface area contributed by atoms with Crippen LogP contribution in [0.15, 0.2) is 37.1 Å². The molecule has 2 aromatic rings. The summed E-state index contributed by atoms with van der Waals surface area (Å²) in [7, 11) is 0. The first-order chi connectivity index (χ1) is 12.2. The molecule has 3 rings (SSSR count). The lowest BCUT2D eigenvalue weighted by Gasteiger charge is -2.32. The molecule has 7 nitrogen and oxygen atoms in total. The number of hydrogen-bond acceptors (Lipinski definition) is 5. The van der Waals surface area contributed by atoms with E-state index in [-0.39, 0.29) is 18.1 Å². The lowest BCUT2D eigenvalue weighted by Crippen LogP contribution is -2.51.